The minimum Gasteiger partial charge on any atom is -0.494 e. The van der Waals surface area contributed by atoms with Crippen molar-refractivity contribution in [2.45, 2.75) is 33.1 Å². The number of hydrogen-bond donors (Lipinski definition) is 3. The fourth-order valence-electron chi connectivity index (χ4n) is 2.14. The molecule has 3 N–H and O–H groups in total. The van der Waals surface area contributed by atoms with E-state index in [9.17, 15) is 14.7 Å². The highest BCUT2D eigenvalue weighted by molar-refractivity contribution is 6.03. The van der Waals surface area contributed by atoms with Gasteiger partial charge in [-0.15, -0.1) is 0 Å². The van der Waals surface area contributed by atoms with Crippen LogP contribution in [0, 0.1) is 0 Å². The van der Waals surface area contributed by atoms with Crippen molar-refractivity contribution in [3.63, 3.8) is 0 Å². The van der Waals surface area contributed by atoms with Crippen LogP contribution in [0.3, 0.4) is 0 Å². The van der Waals surface area contributed by atoms with Gasteiger partial charge in [0.25, 0.3) is 5.56 Å². The molecule has 0 amide bonds. The Morgan fingerprint density at radius 3 is 2.32 bits per heavy atom. The molecule has 0 aliphatic rings. The predicted molar refractivity (Wildman–Crippen MR) is 86.4 cm³/mol. The van der Waals surface area contributed by atoms with Gasteiger partial charge in [-0.05, 0) is 30.0 Å². The van der Waals surface area contributed by atoms with Crippen LogP contribution >= 0.6 is 0 Å². The van der Waals surface area contributed by atoms with Gasteiger partial charge in [-0.3, -0.25) is 19.8 Å². The summed E-state index contributed by atoms with van der Waals surface area (Å²) >= 11 is 0. The monoisotopic (exact) mass is 301 g/mol. The van der Waals surface area contributed by atoms with Crippen LogP contribution in [0.5, 0.6) is 5.88 Å². The minimum absolute atomic E-state index is 0.00460. The van der Waals surface area contributed by atoms with Crippen LogP contribution in [0.25, 0.3) is 0 Å². The zero-order valence-electron chi connectivity index (χ0n) is 12.8. The lowest BCUT2D eigenvalue weighted by molar-refractivity contribution is 0.447. The van der Waals surface area contributed by atoms with E-state index in [0.717, 1.165) is 0 Å². The van der Waals surface area contributed by atoms with Crippen molar-refractivity contribution in [1.82, 2.24) is 9.97 Å². The number of rotatable bonds is 4. The average molecular weight is 301 g/mol. The fraction of sp³-hybridized carbons (Fsp3) is 0.312. The summed E-state index contributed by atoms with van der Waals surface area (Å²) in [5.74, 6) is -0.0390. The SMILES string of the molecule is CCC(=Nc1ccc(C(C)C)cc1)c1c(O)[nH]c(=O)[nH]c1=O. The number of benzene rings is 1. The maximum absolute atomic E-state index is 11.9. The molecule has 1 heterocycles. The molecule has 0 saturated carbocycles. The van der Waals surface area contributed by atoms with Gasteiger partial charge in [-0.2, -0.15) is 0 Å². The standard InChI is InChI=1S/C16H19N3O3/c1-4-12(13-14(20)18-16(22)19-15(13)21)17-11-7-5-10(6-8-11)9(2)3/h5-9H,4H2,1-3H3,(H3,18,19,20,21,22). The van der Waals surface area contributed by atoms with Crippen molar-refractivity contribution in [2.75, 3.05) is 0 Å². The molecule has 116 valence electrons. The molecule has 22 heavy (non-hydrogen) atoms. The van der Waals surface area contributed by atoms with E-state index in [1.807, 2.05) is 31.2 Å². The molecule has 0 radical (unpaired) electrons. The van der Waals surface area contributed by atoms with E-state index in [0.29, 0.717) is 23.7 Å². The second-order valence-electron chi connectivity index (χ2n) is 5.29. The number of H-pyrrole nitrogens is 2. The molecule has 2 rings (SSSR count). The van der Waals surface area contributed by atoms with E-state index >= 15 is 0 Å². The predicted octanol–water partition coefficient (Wildman–Crippen LogP) is 2.42. The van der Waals surface area contributed by atoms with Gasteiger partial charge in [0.2, 0.25) is 5.88 Å². The van der Waals surface area contributed by atoms with Gasteiger partial charge in [0, 0.05) is 0 Å². The molecule has 6 heteroatoms. The molecule has 0 spiro atoms. The highest BCUT2D eigenvalue weighted by Crippen LogP contribution is 2.21. The molecule has 0 bridgehead atoms. The van der Waals surface area contributed by atoms with Gasteiger partial charge in [0.1, 0.15) is 5.56 Å². The number of nitrogens with zero attached hydrogens (tertiary/aromatic N) is 1. The summed E-state index contributed by atoms with van der Waals surface area (Å²) in [5.41, 5.74) is 0.888. The smallest absolute Gasteiger partial charge is 0.328 e. The summed E-state index contributed by atoms with van der Waals surface area (Å²) in [4.78, 5) is 31.7. The lowest BCUT2D eigenvalue weighted by Crippen LogP contribution is -2.27. The van der Waals surface area contributed by atoms with Crippen molar-refractivity contribution in [1.29, 1.82) is 0 Å². The highest BCUT2D eigenvalue weighted by atomic mass is 16.3. The Morgan fingerprint density at radius 2 is 1.82 bits per heavy atom. The van der Waals surface area contributed by atoms with E-state index in [1.54, 1.807) is 0 Å². The van der Waals surface area contributed by atoms with Crippen LogP contribution in [0.1, 0.15) is 44.2 Å². The summed E-state index contributed by atoms with van der Waals surface area (Å²) in [7, 11) is 0. The fourth-order valence-corrected chi connectivity index (χ4v) is 2.14. The van der Waals surface area contributed by atoms with Crippen LogP contribution in [-0.2, 0) is 0 Å². The van der Waals surface area contributed by atoms with Crippen LogP contribution in [0.15, 0.2) is 38.8 Å². The zero-order chi connectivity index (χ0) is 16.3. The first-order chi connectivity index (χ1) is 10.4. The number of aromatic hydroxyl groups is 1. The molecule has 0 fully saturated rings. The van der Waals surface area contributed by atoms with Crippen molar-refractivity contribution < 1.29 is 5.11 Å². The van der Waals surface area contributed by atoms with Crippen molar-refractivity contribution in [3.8, 4) is 5.88 Å². The van der Waals surface area contributed by atoms with Gasteiger partial charge < -0.3 is 5.11 Å². The topological polar surface area (TPSA) is 98.3 Å². The first kappa shape index (κ1) is 15.8. The first-order valence-electron chi connectivity index (χ1n) is 7.15. The molecule has 0 atom stereocenters. The Kier molecular flexibility index (Phi) is 4.60. The lowest BCUT2D eigenvalue weighted by atomic mass is 10.0. The molecule has 1 aromatic heterocycles. The van der Waals surface area contributed by atoms with Crippen molar-refractivity contribution >= 4 is 11.4 Å². The Bertz CT molecular complexity index is 799. The lowest BCUT2D eigenvalue weighted by Gasteiger charge is -2.07. The summed E-state index contributed by atoms with van der Waals surface area (Å²) in [6.07, 6.45) is 0.439. The average Bonchev–Trinajstić information content (AvgIpc) is 2.45. The molecular formula is C16H19N3O3. The van der Waals surface area contributed by atoms with E-state index in [1.165, 1.54) is 5.56 Å². The van der Waals surface area contributed by atoms with Gasteiger partial charge in [0.15, 0.2) is 0 Å². The third-order valence-electron chi connectivity index (χ3n) is 3.37. The highest BCUT2D eigenvalue weighted by Gasteiger charge is 2.14. The Balaban J connectivity index is 2.48. The quantitative estimate of drug-likeness (QED) is 0.756. The summed E-state index contributed by atoms with van der Waals surface area (Å²) < 4.78 is 0. The summed E-state index contributed by atoms with van der Waals surface area (Å²) in [6.45, 7) is 6.03. The van der Waals surface area contributed by atoms with Crippen molar-refractivity contribution in [3.05, 3.63) is 56.2 Å². The Hall–Kier alpha value is -2.63. The number of aromatic nitrogens is 2. The van der Waals surface area contributed by atoms with Gasteiger partial charge in [0.05, 0.1) is 11.4 Å². The third kappa shape index (κ3) is 3.33. The maximum Gasteiger partial charge on any atom is 0.328 e. The largest absolute Gasteiger partial charge is 0.494 e. The molecule has 6 nitrogen and oxygen atoms in total. The first-order valence-corrected chi connectivity index (χ1v) is 7.15. The third-order valence-corrected chi connectivity index (χ3v) is 3.37. The van der Waals surface area contributed by atoms with Crippen LogP contribution in [-0.4, -0.2) is 20.8 Å². The van der Waals surface area contributed by atoms with Crippen molar-refractivity contribution in [2.24, 2.45) is 4.99 Å². The van der Waals surface area contributed by atoms with Gasteiger partial charge in [-0.25, -0.2) is 4.79 Å². The minimum atomic E-state index is -0.747. The number of nitrogens with one attached hydrogen (secondary N) is 2. The second-order valence-corrected chi connectivity index (χ2v) is 5.29. The maximum atomic E-state index is 11.9. The van der Waals surface area contributed by atoms with Crippen LogP contribution < -0.4 is 11.2 Å². The molecule has 0 aliphatic heterocycles. The van der Waals surface area contributed by atoms with E-state index in [-0.39, 0.29) is 5.56 Å². The Labute approximate surface area is 127 Å². The molecular weight excluding hydrogens is 282 g/mol. The molecule has 0 aliphatic carbocycles. The molecule has 2 aromatic rings. The number of aliphatic imine (C=N–C) groups is 1. The molecule has 0 unspecified atom stereocenters. The van der Waals surface area contributed by atoms with E-state index in [2.05, 4.69) is 28.8 Å². The molecule has 1 aromatic carbocycles. The number of hydrogen-bond acceptors (Lipinski definition) is 4. The van der Waals surface area contributed by atoms with Crippen LogP contribution in [0.4, 0.5) is 5.69 Å². The van der Waals surface area contributed by atoms with Gasteiger partial charge in [-0.1, -0.05) is 32.9 Å². The van der Waals surface area contributed by atoms with E-state index < -0.39 is 17.1 Å². The number of aromatic amines is 2. The summed E-state index contributed by atoms with van der Waals surface area (Å²) in [5, 5.41) is 9.81. The normalized spacial score (nSPS) is 11.9. The second kappa shape index (κ2) is 6.43. The molecule has 0 saturated heterocycles. The van der Waals surface area contributed by atoms with Gasteiger partial charge >= 0.3 is 5.69 Å². The van der Waals surface area contributed by atoms with Crippen LogP contribution in [0.2, 0.25) is 0 Å². The zero-order valence-corrected chi connectivity index (χ0v) is 12.8. The summed E-state index contributed by atoms with van der Waals surface area (Å²) in [6, 6.07) is 7.69. The Morgan fingerprint density at radius 1 is 1.18 bits per heavy atom. The van der Waals surface area contributed by atoms with E-state index in [4.69, 9.17) is 0 Å².